The standard InChI is InChI=1S/C23H28ClFN2O2/c1-15(2)21(26-22(28)18-4-3-5-20(25)14-18)23(29)27-12-10-17(11-13-27)16-6-8-19(24)9-7-16/h3,5-9,14-15,17-18,21H,4,10-13H2,1-2H3,(H,26,28)/t18?,21-/m1/s1. The van der Waals surface area contributed by atoms with Crippen LogP contribution < -0.4 is 5.32 Å². The number of piperidine rings is 1. The minimum absolute atomic E-state index is 0.0478. The Bertz CT molecular complexity index is 796. The summed E-state index contributed by atoms with van der Waals surface area (Å²) in [5.74, 6) is -0.969. The average molecular weight is 419 g/mol. The third-order valence-electron chi connectivity index (χ3n) is 5.74. The highest BCUT2D eigenvalue weighted by Gasteiger charge is 2.33. The number of likely N-dealkylation sites (tertiary alicyclic amines) is 1. The van der Waals surface area contributed by atoms with Crippen LogP contribution in [0.1, 0.15) is 44.6 Å². The second-order valence-corrected chi connectivity index (χ2v) is 8.61. The van der Waals surface area contributed by atoms with Gasteiger partial charge < -0.3 is 10.2 Å². The van der Waals surface area contributed by atoms with E-state index in [4.69, 9.17) is 11.6 Å². The van der Waals surface area contributed by atoms with Gasteiger partial charge in [0, 0.05) is 18.1 Å². The van der Waals surface area contributed by atoms with Crippen molar-refractivity contribution in [3.05, 3.63) is 58.9 Å². The van der Waals surface area contributed by atoms with Gasteiger partial charge in [0.2, 0.25) is 11.8 Å². The predicted octanol–water partition coefficient (Wildman–Crippen LogP) is 4.62. The van der Waals surface area contributed by atoms with Crippen molar-refractivity contribution in [3.63, 3.8) is 0 Å². The Morgan fingerprint density at radius 1 is 1.17 bits per heavy atom. The van der Waals surface area contributed by atoms with Gasteiger partial charge in [0.1, 0.15) is 11.9 Å². The van der Waals surface area contributed by atoms with Crippen LogP contribution in [0.4, 0.5) is 4.39 Å². The number of hydrogen-bond donors (Lipinski definition) is 1. The van der Waals surface area contributed by atoms with Crippen molar-refractivity contribution in [2.24, 2.45) is 11.8 Å². The summed E-state index contributed by atoms with van der Waals surface area (Å²) in [6.45, 7) is 5.15. The Kier molecular flexibility index (Phi) is 7.12. The molecular weight excluding hydrogens is 391 g/mol. The zero-order valence-corrected chi connectivity index (χ0v) is 17.7. The van der Waals surface area contributed by atoms with Crippen molar-refractivity contribution in [2.75, 3.05) is 13.1 Å². The highest BCUT2D eigenvalue weighted by molar-refractivity contribution is 6.30. The zero-order valence-electron chi connectivity index (χ0n) is 16.9. The smallest absolute Gasteiger partial charge is 0.245 e. The summed E-state index contributed by atoms with van der Waals surface area (Å²) in [4.78, 5) is 27.5. The largest absolute Gasteiger partial charge is 0.344 e. The summed E-state index contributed by atoms with van der Waals surface area (Å²) >= 11 is 5.97. The highest BCUT2D eigenvalue weighted by atomic mass is 35.5. The molecule has 1 aromatic rings. The highest BCUT2D eigenvalue weighted by Crippen LogP contribution is 2.29. The molecule has 0 saturated carbocycles. The van der Waals surface area contributed by atoms with Crippen molar-refractivity contribution < 1.29 is 14.0 Å². The number of halogens is 2. The lowest BCUT2D eigenvalue weighted by Crippen LogP contribution is -2.53. The van der Waals surface area contributed by atoms with Gasteiger partial charge in [0.15, 0.2) is 0 Å². The number of hydrogen-bond acceptors (Lipinski definition) is 2. The molecule has 2 aliphatic rings. The molecule has 0 radical (unpaired) electrons. The minimum Gasteiger partial charge on any atom is -0.344 e. The van der Waals surface area contributed by atoms with Gasteiger partial charge in [0.25, 0.3) is 0 Å². The molecule has 2 amide bonds. The quantitative estimate of drug-likeness (QED) is 0.758. The van der Waals surface area contributed by atoms with Crippen LogP contribution in [0.25, 0.3) is 0 Å². The van der Waals surface area contributed by atoms with E-state index in [2.05, 4.69) is 5.32 Å². The molecule has 1 aromatic carbocycles. The Labute approximate surface area is 176 Å². The molecule has 1 N–H and O–H groups in total. The van der Waals surface area contributed by atoms with E-state index in [0.29, 0.717) is 25.4 Å². The summed E-state index contributed by atoms with van der Waals surface area (Å²) < 4.78 is 13.4. The summed E-state index contributed by atoms with van der Waals surface area (Å²) in [7, 11) is 0. The number of nitrogens with one attached hydrogen (secondary N) is 1. The van der Waals surface area contributed by atoms with E-state index >= 15 is 0 Å². The summed E-state index contributed by atoms with van der Waals surface area (Å²) in [5, 5.41) is 3.59. The number of benzene rings is 1. The first-order valence-electron chi connectivity index (χ1n) is 10.2. The molecule has 6 heteroatoms. The van der Waals surface area contributed by atoms with Crippen molar-refractivity contribution in [3.8, 4) is 0 Å². The van der Waals surface area contributed by atoms with Crippen LogP contribution in [-0.2, 0) is 9.59 Å². The predicted molar refractivity (Wildman–Crippen MR) is 113 cm³/mol. The Morgan fingerprint density at radius 3 is 2.41 bits per heavy atom. The molecule has 0 bridgehead atoms. The molecule has 0 spiro atoms. The Hall–Kier alpha value is -2.14. The number of nitrogens with zero attached hydrogens (tertiary/aromatic N) is 1. The first-order valence-corrected chi connectivity index (χ1v) is 10.6. The van der Waals surface area contributed by atoms with E-state index in [-0.39, 0.29) is 17.7 Å². The molecule has 1 aliphatic carbocycles. The lowest BCUT2D eigenvalue weighted by Gasteiger charge is -2.36. The second kappa shape index (κ2) is 9.57. The average Bonchev–Trinajstić information content (AvgIpc) is 2.72. The molecule has 29 heavy (non-hydrogen) atoms. The van der Waals surface area contributed by atoms with Crippen molar-refractivity contribution >= 4 is 23.4 Å². The minimum atomic E-state index is -0.600. The van der Waals surface area contributed by atoms with Crippen LogP contribution in [0, 0.1) is 11.8 Å². The molecule has 4 nitrogen and oxygen atoms in total. The van der Waals surface area contributed by atoms with Crippen molar-refractivity contribution in [1.29, 1.82) is 0 Å². The van der Waals surface area contributed by atoms with Gasteiger partial charge in [-0.1, -0.05) is 43.7 Å². The van der Waals surface area contributed by atoms with Crippen molar-refractivity contribution in [2.45, 2.75) is 45.1 Å². The van der Waals surface area contributed by atoms with Crippen LogP contribution in [0.15, 0.2) is 48.3 Å². The van der Waals surface area contributed by atoms with E-state index < -0.39 is 17.8 Å². The molecule has 1 saturated heterocycles. The van der Waals surface area contributed by atoms with Crippen LogP contribution in [-0.4, -0.2) is 35.8 Å². The van der Waals surface area contributed by atoms with E-state index in [1.165, 1.54) is 17.7 Å². The van der Waals surface area contributed by atoms with Gasteiger partial charge >= 0.3 is 0 Å². The lowest BCUT2D eigenvalue weighted by molar-refractivity contribution is -0.139. The van der Waals surface area contributed by atoms with E-state index in [1.807, 2.05) is 43.0 Å². The van der Waals surface area contributed by atoms with Crippen LogP contribution >= 0.6 is 11.6 Å². The second-order valence-electron chi connectivity index (χ2n) is 8.18. The fourth-order valence-electron chi connectivity index (χ4n) is 3.96. The summed E-state index contributed by atoms with van der Waals surface area (Å²) in [5.41, 5.74) is 1.24. The van der Waals surface area contributed by atoms with Gasteiger partial charge in [-0.15, -0.1) is 0 Å². The third kappa shape index (κ3) is 5.47. The molecule has 1 heterocycles. The summed E-state index contributed by atoms with van der Waals surface area (Å²) in [6.07, 6.45) is 6.54. The number of rotatable bonds is 5. The maximum atomic E-state index is 13.4. The molecular formula is C23H28ClFN2O2. The number of amides is 2. The fourth-order valence-corrected chi connectivity index (χ4v) is 4.09. The number of carbonyl (C=O) groups excluding carboxylic acids is 2. The topological polar surface area (TPSA) is 49.4 Å². The number of carbonyl (C=O) groups is 2. The summed E-state index contributed by atoms with van der Waals surface area (Å²) in [6, 6.07) is 7.30. The van der Waals surface area contributed by atoms with E-state index in [1.54, 1.807) is 6.08 Å². The van der Waals surface area contributed by atoms with Gasteiger partial charge in [-0.25, -0.2) is 4.39 Å². The Balaban J connectivity index is 1.59. The zero-order chi connectivity index (χ0) is 21.0. The first kappa shape index (κ1) is 21.6. The molecule has 3 rings (SSSR count). The van der Waals surface area contributed by atoms with Crippen LogP contribution in [0.5, 0.6) is 0 Å². The normalized spacial score (nSPS) is 21.1. The monoisotopic (exact) mass is 418 g/mol. The van der Waals surface area contributed by atoms with Gasteiger partial charge in [-0.2, -0.15) is 0 Å². The maximum absolute atomic E-state index is 13.4. The van der Waals surface area contributed by atoms with Crippen molar-refractivity contribution in [1.82, 2.24) is 10.2 Å². The molecule has 1 aliphatic heterocycles. The van der Waals surface area contributed by atoms with Crippen LogP contribution in [0.3, 0.4) is 0 Å². The third-order valence-corrected chi connectivity index (χ3v) is 5.99. The molecule has 156 valence electrons. The fraction of sp³-hybridized carbons (Fsp3) is 0.478. The molecule has 2 atom stereocenters. The van der Waals surface area contributed by atoms with Gasteiger partial charge in [-0.3, -0.25) is 9.59 Å². The van der Waals surface area contributed by atoms with Crippen LogP contribution in [0.2, 0.25) is 5.02 Å². The Morgan fingerprint density at radius 2 is 1.83 bits per heavy atom. The SMILES string of the molecule is CC(C)[C@@H](NC(=O)C1C=C(F)C=CC1)C(=O)N1CCC(c2ccc(Cl)cc2)CC1. The molecule has 0 aromatic heterocycles. The lowest BCUT2D eigenvalue weighted by atomic mass is 9.89. The maximum Gasteiger partial charge on any atom is 0.245 e. The van der Waals surface area contributed by atoms with E-state index in [9.17, 15) is 14.0 Å². The van der Waals surface area contributed by atoms with E-state index in [0.717, 1.165) is 17.9 Å². The van der Waals surface area contributed by atoms with Gasteiger partial charge in [0.05, 0.1) is 5.92 Å². The molecule has 1 fully saturated rings. The van der Waals surface area contributed by atoms with Gasteiger partial charge in [-0.05, 0) is 60.9 Å². The first-order chi connectivity index (χ1) is 13.8. The number of allylic oxidation sites excluding steroid dienone is 3. The molecule has 1 unspecified atom stereocenters.